The molecule has 3 nitrogen and oxygen atoms in total. The number of likely N-dealkylation sites (N-methyl/N-ethyl adjacent to an activating group) is 1. The second-order valence-corrected chi connectivity index (χ2v) is 5.84. The zero-order valence-electron chi connectivity index (χ0n) is 12.0. The lowest BCUT2D eigenvalue weighted by molar-refractivity contribution is -0.127. The molecule has 2 rings (SSSR count). The second-order valence-electron chi connectivity index (χ2n) is 5.31. The molecule has 0 aliphatic carbocycles. The number of benzene rings is 1. The number of fused-ring (bicyclic) bond motifs is 1. The average molecular weight is 294 g/mol. The van der Waals surface area contributed by atoms with Crippen molar-refractivity contribution in [3.05, 3.63) is 34.9 Å². The van der Waals surface area contributed by atoms with E-state index in [-0.39, 0.29) is 17.2 Å². The summed E-state index contributed by atoms with van der Waals surface area (Å²) >= 11 is 6.41. The Hall–Kier alpha value is -1.35. The maximum absolute atomic E-state index is 12.1. The fourth-order valence-electron chi connectivity index (χ4n) is 2.46. The van der Waals surface area contributed by atoms with Crippen LogP contribution in [0.3, 0.4) is 0 Å². The molecule has 0 aromatic heterocycles. The Balaban J connectivity index is 2.19. The third kappa shape index (κ3) is 3.04. The van der Waals surface area contributed by atoms with Crippen LogP contribution in [0.15, 0.2) is 18.2 Å². The van der Waals surface area contributed by atoms with Crippen molar-refractivity contribution < 1.29 is 9.59 Å². The van der Waals surface area contributed by atoms with Crippen LogP contribution in [0, 0.1) is 0 Å². The Bertz CT molecular complexity index is 527. The molecule has 1 aromatic carbocycles. The van der Waals surface area contributed by atoms with Crippen LogP contribution in [-0.2, 0) is 11.2 Å². The van der Waals surface area contributed by atoms with Gasteiger partial charge in [-0.15, -0.1) is 11.6 Å². The first-order valence-electron chi connectivity index (χ1n) is 7.12. The first-order valence-corrected chi connectivity index (χ1v) is 7.56. The summed E-state index contributed by atoms with van der Waals surface area (Å²) in [4.78, 5) is 25.0. The van der Waals surface area contributed by atoms with Gasteiger partial charge in [0.15, 0.2) is 0 Å². The minimum Gasteiger partial charge on any atom is -0.281 e. The van der Waals surface area contributed by atoms with Gasteiger partial charge in [0.05, 0.1) is 11.8 Å². The fourth-order valence-corrected chi connectivity index (χ4v) is 2.75. The maximum atomic E-state index is 12.1. The summed E-state index contributed by atoms with van der Waals surface area (Å²) in [5.41, 5.74) is 2.39. The Labute approximate surface area is 124 Å². The quantitative estimate of drug-likeness (QED) is 0.471. The monoisotopic (exact) mass is 293 g/mol. The number of hydrogen-bond donors (Lipinski definition) is 0. The molecule has 0 N–H and O–H groups in total. The molecule has 1 atom stereocenters. The SMILES string of the molecule is CCCCCC(Cl)c1ccc2c(c1)C(=O)N(C)C(=O)C2. The van der Waals surface area contributed by atoms with Crippen LogP contribution >= 0.6 is 11.6 Å². The number of rotatable bonds is 5. The third-order valence-corrected chi connectivity index (χ3v) is 4.28. The van der Waals surface area contributed by atoms with E-state index >= 15 is 0 Å². The number of alkyl halides is 1. The summed E-state index contributed by atoms with van der Waals surface area (Å²) < 4.78 is 0. The molecule has 1 aliphatic heterocycles. The molecule has 2 amide bonds. The lowest BCUT2D eigenvalue weighted by atomic mass is 9.94. The maximum Gasteiger partial charge on any atom is 0.260 e. The van der Waals surface area contributed by atoms with Crippen molar-refractivity contribution in [1.82, 2.24) is 4.90 Å². The predicted octanol–water partition coefficient (Wildman–Crippen LogP) is 3.70. The van der Waals surface area contributed by atoms with Gasteiger partial charge in [-0.25, -0.2) is 0 Å². The molecule has 0 saturated heterocycles. The summed E-state index contributed by atoms with van der Waals surface area (Å²) in [5, 5.41) is -0.0671. The minimum atomic E-state index is -0.226. The van der Waals surface area contributed by atoms with Crippen molar-refractivity contribution >= 4 is 23.4 Å². The molecular weight excluding hydrogens is 274 g/mol. The number of imide groups is 1. The summed E-state index contributed by atoms with van der Waals surface area (Å²) in [5.74, 6) is -0.379. The number of carbonyl (C=O) groups excluding carboxylic acids is 2. The minimum absolute atomic E-state index is 0.0671. The van der Waals surface area contributed by atoms with Gasteiger partial charge in [0.1, 0.15) is 0 Å². The van der Waals surface area contributed by atoms with E-state index in [1.807, 2.05) is 18.2 Å². The molecule has 20 heavy (non-hydrogen) atoms. The van der Waals surface area contributed by atoms with Gasteiger partial charge in [-0.2, -0.15) is 0 Å². The number of halogens is 1. The highest BCUT2D eigenvalue weighted by molar-refractivity contribution is 6.21. The molecule has 0 saturated carbocycles. The van der Waals surface area contributed by atoms with Gasteiger partial charge in [-0.1, -0.05) is 38.3 Å². The van der Waals surface area contributed by atoms with Crippen LogP contribution in [0.1, 0.15) is 59.5 Å². The Morgan fingerprint density at radius 2 is 2.05 bits per heavy atom. The summed E-state index contributed by atoms with van der Waals surface area (Å²) in [7, 11) is 1.53. The Morgan fingerprint density at radius 3 is 2.75 bits per heavy atom. The lowest BCUT2D eigenvalue weighted by Crippen LogP contribution is -2.39. The highest BCUT2D eigenvalue weighted by Crippen LogP contribution is 2.30. The zero-order valence-corrected chi connectivity index (χ0v) is 12.7. The van der Waals surface area contributed by atoms with E-state index in [1.54, 1.807) is 0 Å². The summed E-state index contributed by atoms with van der Waals surface area (Å²) in [6.45, 7) is 2.16. The van der Waals surface area contributed by atoms with Gasteiger partial charge >= 0.3 is 0 Å². The summed E-state index contributed by atoms with van der Waals surface area (Å²) in [6, 6.07) is 5.65. The van der Waals surface area contributed by atoms with Crippen LogP contribution < -0.4 is 0 Å². The molecule has 0 radical (unpaired) electrons. The molecule has 1 aliphatic rings. The number of nitrogens with zero attached hydrogens (tertiary/aromatic N) is 1. The van der Waals surface area contributed by atoms with Crippen molar-refractivity contribution in [3.63, 3.8) is 0 Å². The van der Waals surface area contributed by atoms with E-state index in [2.05, 4.69) is 6.92 Å². The highest BCUT2D eigenvalue weighted by Gasteiger charge is 2.28. The largest absolute Gasteiger partial charge is 0.281 e. The first-order chi connectivity index (χ1) is 9.54. The Kier molecular flexibility index (Phi) is 4.81. The van der Waals surface area contributed by atoms with E-state index < -0.39 is 0 Å². The lowest BCUT2D eigenvalue weighted by Gasteiger charge is -2.24. The predicted molar refractivity (Wildman–Crippen MR) is 80.0 cm³/mol. The van der Waals surface area contributed by atoms with Gasteiger partial charge in [0.2, 0.25) is 5.91 Å². The molecule has 108 valence electrons. The molecular formula is C16H20ClNO2. The standard InChI is InChI=1S/C16H20ClNO2/c1-3-4-5-6-14(17)12-8-7-11-10-15(19)18(2)16(20)13(11)9-12/h7-9,14H,3-6,10H2,1-2H3. The van der Waals surface area contributed by atoms with Crippen molar-refractivity contribution in [3.8, 4) is 0 Å². The smallest absolute Gasteiger partial charge is 0.260 e. The van der Waals surface area contributed by atoms with Gasteiger partial charge < -0.3 is 0 Å². The third-order valence-electron chi connectivity index (χ3n) is 3.81. The molecule has 4 heteroatoms. The number of carbonyl (C=O) groups is 2. The van der Waals surface area contributed by atoms with Crippen molar-refractivity contribution in [2.45, 2.75) is 44.4 Å². The van der Waals surface area contributed by atoms with E-state index in [0.29, 0.717) is 12.0 Å². The Morgan fingerprint density at radius 1 is 1.30 bits per heavy atom. The normalized spacial score (nSPS) is 16.2. The van der Waals surface area contributed by atoms with Gasteiger partial charge in [0.25, 0.3) is 5.91 Å². The van der Waals surface area contributed by atoms with Gasteiger partial charge in [-0.3, -0.25) is 14.5 Å². The van der Waals surface area contributed by atoms with E-state index in [0.717, 1.165) is 24.0 Å². The highest BCUT2D eigenvalue weighted by atomic mass is 35.5. The second kappa shape index (κ2) is 6.40. The van der Waals surface area contributed by atoms with Crippen LogP contribution in [-0.4, -0.2) is 23.8 Å². The van der Waals surface area contributed by atoms with Crippen molar-refractivity contribution in [2.75, 3.05) is 7.05 Å². The molecule has 1 heterocycles. The van der Waals surface area contributed by atoms with E-state index in [1.165, 1.54) is 24.8 Å². The van der Waals surface area contributed by atoms with Crippen LogP contribution in [0.5, 0.6) is 0 Å². The van der Waals surface area contributed by atoms with Crippen LogP contribution in [0.4, 0.5) is 0 Å². The van der Waals surface area contributed by atoms with E-state index in [9.17, 15) is 9.59 Å². The van der Waals surface area contributed by atoms with E-state index in [4.69, 9.17) is 11.6 Å². The fraction of sp³-hybridized carbons (Fsp3) is 0.500. The molecule has 0 spiro atoms. The molecule has 1 aromatic rings. The number of amides is 2. The molecule has 0 bridgehead atoms. The average Bonchev–Trinajstić information content (AvgIpc) is 2.45. The van der Waals surface area contributed by atoms with Crippen molar-refractivity contribution in [1.29, 1.82) is 0 Å². The number of unbranched alkanes of at least 4 members (excludes halogenated alkanes) is 2. The van der Waals surface area contributed by atoms with Crippen LogP contribution in [0.25, 0.3) is 0 Å². The van der Waals surface area contributed by atoms with Gasteiger partial charge in [0, 0.05) is 12.6 Å². The zero-order chi connectivity index (χ0) is 14.7. The van der Waals surface area contributed by atoms with Crippen LogP contribution in [0.2, 0.25) is 0 Å². The van der Waals surface area contributed by atoms with Gasteiger partial charge in [-0.05, 0) is 23.6 Å². The number of hydrogen-bond acceptors (Lipinski definition) is 2. The van der Waals surface area contributed by atoms with Crippen molar-refractivity contribution in [2.24, 2.45) is 0 Å². The summed E-state index contributed by atoms with van der Waals surface area (Å²) in [6.07, 6.45) is 4.63. The first kappa shape index (κ1) is 15.0. The molecule has 1 unspecified atom stereocenters. The molecule has 0 fully saturated rings. The topological polar surface area (TPSA) is 37.4 Å².